The van der Waals surface area contributed by atoms with E-state index in [2.05, 4.69) is 21.2 Å². The van der Waals surface area contributed by atoms with Crippen LogP contribution >= 0.6 is 15.9 Å². The van der Waals surface area contributed by atoms with Crippen LogP contribution < -0.4 is 10.1 Å². The zero-order valence-electron chi connectivity index (χ0n) is 11.1. The zero-order chi connectivity index (χ0) is 14.7. The first-order valence-electron chi connectivity index (χ1n) is 5.96. The Hall–Kier alpha value is -2.01. The van der Waals surface area contributed by atoms with E-state index >= 15 is 0 Å². The molecule has 0 atom stereocenters. The fourth-order valence-electron chi connectivity index (χ4n) is 1.69. The van der Waals surface area contributed by atoms with E-state index in [0.29, 0.717) is 11.4 Å². The average molecular weight is 336 g/mol. The summed E-state index contributed by atoms with van der Waals surface area (Å²) >= 11 is 3.41. The van der Waals surface area contributed by atoms with Gasteiger partial charge in [0.2, 0.25) is 0 Å². The fraction of sp³-hybridized carbons (Fsp3) is 0.133. The Balaban J connectivity index is 2.25. The van der Waals surface area contributed by atoms with Gasteiger partial charge in [-0.2, -0.15) is 0 Å². The van der Waals surface area contributed by atoms with Crippen molar-refractivity contribution in [2.45, 2.75) is 6.92 Å². The molecule has 2 N–H and O–H groups in total. The van der Waals surface area contributed by atoms with Crippen LogP contribution in [0.1, 0.15) is 15.9 Å². The van der Waals surface area contributed by atoms with Gasteiger partial charge in [-0.15, -0.1) is 0 Å². The molecule has 104 valence electrons. The first-order valence-corrected chi connectivity index (χ1v) is 6.75. The highest BCUT2D eigenvalue weighted by molar-refractivity contribution is 9.10. The summed E-state index contributed by atoms with van der Waals surface area (Å²) in [6.07, 6.45) is 0. The molecule has 4 nitrogen and oxygen atoms in total. The minimum Gasteiger partial charge on any atom is -0.507 e. The Labute approximate surface area is 125 Å². The van der Waals surface area contributed by atoms with Gasteiger partial charge < -0.3 is 15.2 Å². The van der Waals surface area contributed by atoms with Crippen LogP contribution in [0.25, 0.3) is 0 Å². The predicted octanol–water partition coefficient (Wildman–Crippen LogP) is 3.72. The molecular weight excluding hydrogens is 322 g/mol. The van der Waals surface area contributed by atoms with Gasteiger partial charge in [-0.25, -0.2) is 0 Å². The van der Waals surface area contributed by atoms with Gasteiger partial charge in [0, 0.05) is 10.2 Å². The number of methoxy groups -OCH3 is 1. The molecule has 0 unspecified atom stereocenters. The highest BCUT2D eigenvalue weighted by atomic mass is 79.9. The van der Waals surface area contributed by atoms with Gasteiger partial charge in [0.15, 0.2) is 0 Å². The molecule has 0 aliphatic carbocycles. The van der Waals surface area contributed by atoms with Gasteiger partial charge in [-0.1, -0.05) is 22.0 Å². The number of phenols is 1. The van der Waals surface area contributed by atoms with Crippen molar-refractivity contribution in [1.82, 2.24) is 0 Å². The first kappa shape index (κ1) is 14.4. The van der Waals surface area contributed by atoms with Crippen LogP contribution in [-0.2, 0) is 0 Å². The third-order valence-electron chi connectivity index (χ3n) is 2.88. The smallest absolute Gasteiger partial charge is 0.259 e. The van der Waals surface area contributed by atoms with E-state index in [-0.39, 0.29) is 11.3 Å². The lowest BCUT2D eigenvalue weighted by Gasteiger charge is -2.09. The standard InChI is InChI=1S/C15H14BrNO3/c1-9-3-4-10(7-13(9)16)17-15(19)12-8-11(20-2)5-6-14(12)18/h3-8,18H,1-2H3,(H,17,19). The summed E-state index contributed by atoms with van der Waals surface area (Å²) in [5, 5.41) is 12.5. The summed E-state index contributed by atoms with van der Waals surface area (Å²) in [5.74, 6) is 0.0321. The molecule has 2 aromatic rings. The topological polar surface area (TPSA) is 58.6 Å². The van der Waals surface area contributed by atoms with Crippen molar-refractivity contribution in [3.63, 3.8) is 0 Å². The lowest BCUT2D eigenvalue weighted by molar-refractivity contribution is 0.102. The summed E-state index contributed by atoms with van der Waals surface area (Å²) in [7, 11) is 1.51. The van der Waals surface area contributed by atoms with E-state index in [9.17, 15) is 9.90 Å². The lowest BCUT2D eigenvalue weighted by Crippen LogP contribution is -2.12. The van der Waals surface area contributed by atoms with Crippen molar-refractivity contribution in [3.05, 3.63) is 52.0 Å². The number of aryl methyl sites for hydroxylation is 1. The third-order valence-corrected chi connectivity index (χ3v) is 3.73. The summed E-state index contributed by atoms with van der Waals surface area (Å²) in [6.45, 7) is 1.96. The van der Waals surface area contributed by atoms with Crippen molar-refractivity contribution >= 4 is 27.5 Å². The second-order valence-corrected chi connectivity index (χ2v) is 5.16. The van der Waals surface area contributed by atoms with Gasteiger partial charge in [0.1, 0.15) is 11.5 Å². The molecule has 20 heavy (non-hydrogen) atoms. The van der Waals surface area contributed by atoms with Crippen LogP contribution in [0.15, 0.2) is 40.9 Å². The number of ether oxygens (including phenoxy) is 1. The summed E-state index contributed by atoms with van der Waals surface area (Å²) in [5.41, 5.74) is 1.89. The minimum absolute atomic E-state index is 0.0884. The number of hydrogen-bond acceptors (Lipinski definition) is 3. The third kappa shape index (κ3) is 3.11. The lowest BCUT2D eigenvalue weighted by atomic mass is 10.1. The van der Waals surface area contributed by atoms with Crippen LogP contribution in [0, 0.1) is 6.92 Å². The summed E-state index contributed by atoms with van der Waals surface area (Å²) < 4.78 is 5.95. The average Bonchev–Trinajstić information content (AvgIpc) is 2.43. The quantitative estimate of drug-likeness (QED) is 0.898. The van der Waals surface area contributed by atoms with Gasteiger partial charge in [0.05, 0.1) is 12.7 Å². The second kappa shape index (κ2) is 5.96. The summed E-state index contributed by atoms with van der Waals surface area (Å²) in [4.78, 5) is 12.2. The number of aromatic hydroxyl groups is 1. The van der Waals surface area contributed by atoms with Crippen LogP contribution in [0.2, 0.25) is 0 Å². The molecule has 0 radical (unpaired) electrons. The predicted molar refractivity (Wildman–Crippen MR) is 81.5 cm³/mol. The fourth-order valence-corrected chi connectivity index (χ4v) is 2.07. The molecule has 0 aromatic heterocycles. The second-order valence-electron chi connectivity index (χ2n) is 4.30. The zero-order valence-corrected chi connectivity index (χ0v) is 12.7. The number of carbonyl (C=O) groups is 1. The van der Waals surface area contributed by atoms with E-state index in [0.717, 1.165) is 10.0 Å². The number of carbonyl (C=O) groups excluding carboxylic acids is 1. The Kier molecular flexibility index (Phi) is 4.29. The Morgan fingerprint density at radius 1 is 1.25 bits per heavy atom. The Morgan fingerprint density at radius 3 is 2.65 bits per heavy atom. The normalized spacial score (nSPS) is 10.2. The maximum absolute atomic E-state index is 12.2. The van der Waals surface area contributed by atoms with E-state index < -0.39 is 5.91 Å². The van der Waals surface area contributed by atoms with Gasteiger partial charge in [0.25, 0.3) is 5.91 Å². The molecule has 0 saturated carbocycles. The molecule has 0 fully saturated rings. The molecule has 0 saturated heterocycles. The molecule has 1 amide bonds. The monoisotopic (exact) mass is 335 g/mol. The van der Waals surface area contributed by atoms with Crippen LogP contribution in [-0.4, -0.2) is 18.1 Å². The van der Waals surface area contributed by atoms with E-state index in [1.165, 1.54) is 19.2 Å². The maximum atomic E-state index is 12.2. The molecule has 2 rings (SSSR count). The number of nitrogens with one attached hydrogen (secondary N) is 1. The molecule has 0 aliphatic heterocycles. The van der Waals surface area contributed by atoms with Crippen LogP contribution in [0.4, 0.5) is 5.69 Å². The van der Waals surface area contributed by atoms with E-state index in [1.807, 2.05) is 19.1 Å². The van der Waals surface area contributed by atoms with Gasteiger partial charge >= 0.3 is 0 Å². The largest absolute Gasteiger partial charge is 0.507 e. The highest BCUT2D eigenvalue weighted by Crippen LogP contribution is 2.25. The number of phenolic OH excluding ortho intramolecular Hbond substituents is 1. The highest BCUT2D eigenvalue weighted by Gasteiger charge is 2.13. The van der Waals surface area contributed by atoms with Crippen molar-refractivity contribution in [2.24, 2.45) is 0 Å². The van der Waals surface area contributed by atoms with Gasteiger partial charge in [-0.05, 0) is 42.8 Å². The molecule has 5 heteroatoms. The van der Waals surface area contributed by atoms with Crippen molar-refractivity contribution in [3.8, 4) is 11.5 Å². The van der Waals surface area contributed by atoms with Crippen LogP contribution in [0.5, 0.6) is 11.5 Å². The first-order chi connectivity index (χ1) is 9.51. The molecular formula is C15H14BrNO3. The number of amides is 1. The van der Waals surface area contributed by atoms with Crippen molar-refractivity contribution < 1.29 is 14.6 Å². The molecule has 0 spiro atoms. The number of rotatable bonds is 3. The minimum atomic E-state index is -0.392. The number of anilines is 1. The van der Waals surface area contributed by atoms with E-state index in [1.54, 1.807) is 12.1 Å². The Bertz CT molecular complexity index is 656. The number of halogens is 1. The van der Waals surface area contributed by atoms with E-state index in [4.69, 9.17) is 4.74 Å². The number of hydrogen-bond donors (Lipinski definition) is 2. The van der Waals surface area contributed by atoms with Crippen molar-refractivity contribution in [1.29, 1.82) is 0 Å². The summed E-state index contributed by atoms with van der Waals surface area (Å²) in [6, 6.07) is 10.0. The number of benzene rings is 2. The van der Waals surface area contributed by atoms with Crippen LogP contribution in [0.3, 0.4) is 0 Å². The SMILES string of the molecule is COc1ccc(O)c(C(=O)Nc2ccc(C)c(Br)c2)c1. The molecule has 0 aliphatic rings. The molecule has 0 heterocycles. The Morgan fingerprint density at radius 2 is 2.00 bits per heavy atom. The maximum Gasteiger partial charge on any atom is 0.259 e. The molecule has 2 aromatic carbocycles. The van der Waals surface area contributed by atoms with Gasteiger partial charge in [-0.3, -0.25) is 4.79 Å². The van der Waals surface area contributed by atoms with Crippen molar-refractivity contribution in [2.75, 3.05) is 12.4 Å². The molecule has 0 bridgehead atoms.